The molecule has 198 valence electrons. The van der Waals surface area contributed by atoms with Gasteiger partial charge in [-0.3, -0.25) is 14.5 Å². The summed E-state index contributed by atoms with van der Waals surface area (Å²) < 4.78 is 11.7. The predicted octanol–water partition coefficient (Wildman–Crippen LogP) is 6.69. The Kier molecular flexibility index (Phi) is 8.20. The standard InChI is InChI=1S/C32H35NO5/c1-20(2)18-37-26-15-11-23(12-16-26)30(34)28-29(24-7-6-8-27(17-24)38-19-21(3)4)33(32(36)31(28)35)25-13-9-22(5)10-14-25/h6-17,20-21,29,34H,18-19H2,1-5H3/b30-28-. The fourth-order valence-corrected chi connectivity index (χ4v) is 4.28. The number of benzene rings is 3. The van der Waals surface area contributed by atoms with Gasteiger partial charge in [0.15, 0.2) is 0 Å². The van der Waals surface area contributed by atoms with Gasteiger partial charge in [0.05, 0.1) is 24.8 Å². The molecule has 1 N–H and O–H groups in total. The second-order valence-corrected chi connectivity index (χ2v) is 10.5. The van der Waals surface area contributed by atoms with Crippen LogP contribution in [0.3, 0.4) is 0 Å². The van der Waals surface area contributed by atoms with Gasteiger partial charge in [-0.1, -0.05) is 57.5 Å². The molecule has 38 heavy (non-hydrogen) atoms. The van der Waals surface area contributed by atoms with Crippen LogP contribution in [-0.4, -0.2) is 30.0 Å². The zero-order chi connectivity index (χ0) is 27.4. The van der Waals surface area contributed by atoms with E-state index in [2.05, 4.69) is 27.7 Å². The van der Waals surface area contributed by atoms with Crippen molar-refractivity contribution in [1.29, 1.82) is 0 Å². The molecule has 1 unspecified atom stereocenters. The number of rotatable bonds is 9. The second-order valence-electron chi connectivity index (χ2n) is 10.5. The highest BCUT2D eigenvalue weighted by Crippen LogP contribution is 2.43. The summed E-state index contributed by atoms with van der Waals surface area (Å²) in [6, 6.07) is 20.8. The first-order valence-corrected chi connectivity index (χ1v) is 13.0. The summed E-state index contributed by atoms with van der Waals surface area (Å²) in [5.41, 5.74) is 2.75. The number of nitrogens with zero attached hydrogens (tertiary/aromatic N) is 1. The lowest BCUT2D eigenvalue weighted by molar-refractivity contribution is -0.132. The van der Waals surface area contributed by atoms with E-state index in [1.54, 1.807) is 24.3 Å². The molecule has 1 fully saturated rings. The largest absolute Gasteiger partial charge is 0.507 e. The number of amides is 1. The van der Waals surface area contributed by atoms with Gasteiger partial charge in [0.2, 0.25) is 0 Å². The average molecular weight is 514 g/mol. The number of carbonyl (C=O) groups is 2. The van der Waals surface area contributed by atoms with Gasteiger partial charge in [0.1, 0.15) is 17.3 Å². The number of hydrogen-bond acceptors (Lipinski definition) is 5. The Morgan fingerprint density at radius 1 is 0.842 bits per heavy atom. The molecule has 6 heteroatoms. The van der Waals surface area contributed by atoms with E-state index in [1.807, 2.05) is 55.5 Å². The minimum atomic E-state index is -0.822. The molecule has 1 amide bonds. The summed E-state index contributed by atoms with van der Waals surface area (Å²) >= 11 is 0. The molecular formula is C32H35NO5. The third-order valence-electron chi connectivity index (χ3n) is 6.22. The van der Waals surface area contributed by atoms with E-state index in [4.69, 9.17) is 9.47 Å². The lowest BCUT2D eigenvalue weighted by Crippen LogP contribution is -2.29. The molecule has 3 aromatic carbocycles. The molecule has 1 saturated heterocycles. The van der Waals surface area contributed by atoms with E-state index in [9.17, 15) is 14.7 Å². The van der Waals surface area contributed by atoms with Crippen LogP contribution in [0.15, 0.2) is 78.4 Å². The molecule has 3 aromatic rings. The van der Waals surface area contributed by atoms with Gasteiger partial charge in [-0.15, -0.1) is 0 Å². The lowest BCUT2D eigenvalue weighted by Gasteiger charge is -2.26. The van der Waals surface area contributed by atoms with Gasteiger partial charge in [-0.25, -0.2) is 0 Å². The summed E-state index contributed by atoms with van der Waals surface area (Å²) in [6.45, 7) is 11.3. The molecule has 1 heterocycles. The van der Waals surface area contributed by atoms with Gasteiger partial charge in [-0.05, 0) is 72.9 Å². The second kappa shape index (κ2) is 11.5. The molecule has 0 bridgehead atoms. The van der Waals surface area contributed by atoms with Crippen LogP contribution in [0.2, 0.25) is 0 Å². The molecule has 6 nitrogen and oxygen atoms in total. The summed E-state index contributed by atoms with van der Waals surface area (Å²) in [7, 11) is 0. The van der Waals surface area contributed by atoms with E-state index in [-0.39, 0.29) is 11.3 Å². The Hall–Kier alpha value is -4.06. The zero-order valence-electron chi connectivity index (χ0n) is 22.6. The highest BCUT2D eigenvalue weighted by molar-refractivity contribution is 6.51. The van der Waals surface area contributed by atoms with Gasteiger partial charge >= 0.3 is 0 Å². The van der Waals surface area contributed by atoms with Crippen LogP contribution in [0.5, 0.6) is 11.5 Å². The molecular weight excluding hydrogens is 478 g/mol. The first-order chi connectivity index (χ1) is 18.2. The Bertz CT molecular complexity index is 1320. The minimum Gasteiger partial charge on any atom is -0.507 e. The van der Waals surface area contributed by atoms with Crippen LogP contribution in [0.25, 0.3) is 5.76 Å². The smallest absolute Gasteiger partial charge is 0.300 e. The number of aliphatic hydroxyl groups excluding tert-OH is 1. The molecule has 0 saturated carbocycles. The molecule has 4 rings (SSSR count). The van der Waals surface area contributed by atoms with Crippen LogP contribution in [0.4, 0.5) is 5.69 Å². The SMILES string of the molecule is Cc1ccc(N2C(=O)C(=O)/C(=C(\O)c3ccc(OCC(C)C)cc3)C2c2cccc(OCC(C)C)c2)cc1. The Morgan fingerprint density at radius 3 is 2.05 bits per heavy atom. The summed E-state index contributed by atoms with van der Waals surface area (Å²) in [5.74, 6) is 0.365. The van der Waals surface area contributed by atoms with Crippen LogP contribution >= 0.6 is 0 Å². The molecule has 0 radical (unpaired) electrons. The molecule has 1 aliphatic rings. The Labute approximate surface area is 224 Å². The number of Topliss-reactive ketones (excluding diaryl/α,β-unsaturated/α-hetero) is 1. The number of anilines is 1. The Morgan fingerprint density at radius 2 is 1.45 bits per heavy atom. The highest BCUT2D eigenvalue weighted by atomic mass is 16.5. The number of hydrogen-bond donors (Lipinski definition) is 1. The fraction of sp³-hybridized carbons (Fsp3) is 0.312. The molecule has 0 aromatic heterocycles. The van der Waals surface area contributed by atoms with Crippen LogP contribution in [0, 0.1) is 18.8 Å². The Balaban J connectivity index is 1.80. The van der Waals surface area contributed by atoms with E-state index in [0.717, 1.165) is 5.56 Å². The monoisotopic (exact) mass is 513 g/mol. The van der Waals surface area contributed by atoms with Crippen molar-refractivity contribution in [2.75, 3.05) is 18.1 Å². The third-order valence-corrected chi connectivity index (χ3v) is 6.22. The molecule has 1 atom stereocenters. The van der Waals surface area contributed by atoms with Crippen LogP contribution in [0.1, 0.15) is 50.4 Å². The van der Waals surface area contributed by atoms with E-state index < -0.39 is 17.7 Å². The maximum absolute atomic E-state index is 13.4. The summed E-state index contributed by atoms with van der Waals surface area (Å²) in [5, 5.41) is 11.4. The normalized spacial score (nSPS) is 16.9. The van der Waals surface area contributed by atoms with Crippen molar-refractivity contribution in [2.24, 2.45) is 11.8 Å². The average Bonchev–Trinajstić information content (AvgIpc) is 3.17. The maximum atomic E-state index is 13.4. The number of ether oxygens (including phenoxy) is 2. The third kappa shape index (κ3) is 5.91. The summed E-state index contributed by atoms with van der Waals surface area (Å²) in [6.07, 6.45) is 0. The first-order valence-electron chi connectivity index (χ1n) is 13.0. The minimum absolute atomic E-state index is 0.0347. The molecule has 0 aliphatic carbocycles. The van der Waals surface area contributed by atoms with Crippen molar-refractivity contribution >= 4 is 23.1 Å². The first kappa shape index (κ1) is 27.0. The van der Waals surface area contributed by atoms with Gasteiger partial charge in [0, 0.05) is 11.3 Å². The number of aryl methyl sites for hydroxylation is 1. The van der Waals surface area contributed by atoms with Gasteiger partial charge in [-0.2, -0.15) is 0 Å². The summed E-state index contributed by atoms with van der Waals surface area (Å²) in [4.78, 5) is 28.3. The van der Waals surface area contributed by atoms with E-state index in [1.165, 1.54) is 4.90 Å². The van der Waals surface area contributed by atoms with Crippen LogP contribution in [-0.2, 0) is 9.59 Å². The highest BCUT2D eigenvalue weighted by Gasteiger charge is 2.47. The number of carbonyl (C=O) groups excluding carboxylic acids is 2. The van der Waals surface area contributed by atoms with Gasteiger partial charge < -0.3 is 14.6 Å². The number of aliphatic hydroxyl groups is 1. The van der Waals surface area contributed by atoms with Crippen molar-refractivity contribution in [2.45, 2.75) is 40.7 Å². The van der Waals surface area contributed by atoms with Crippen molar-refractivity contribution in [1.82, 2.24) is 0 Å². The predicted molar refractivity (Wildman–Crippen MR) is 150 cm³/mol. The van der Waals surface area contributed by atoms with Gasteiger partial charge in [0.25, 0.3) is 11.7 Å². The van der Waals surface area contributed by atoms with Crippen molar-refractivity contribution in [3.8, 4) is 11.5 Å². The number of ketones is 1. The molecule has 1 aliphatic heterocycles. The topological polar surface area (TPSA) is 76.1 Å². The van der Waals surface area contributed by atoms with Crippen molar-refractivity contribution in [3.63, 3.8) is 0 Å². The maximum Gasteiger partial charge on any atom is 0.300 e. The molecule has 0 spiro atoms. The van der Waals surface area contributed by atoms with E-state index in [0.29, 0.717) is 53.4 Å². The van der Waals surface area contributed by atoms with Crippen LogP contribution < -0.4 is 14.4 Å². The van der Waals surface area contributed by atoms with E-state index >= 15 is 0 Å². The quantitative estimate of drug-likeness (QED) is 0.196. The lowest BCUT2D eigenvalue weighted by atomic mass is 9.95. The fourth-order valence-electron chi connectivity index (χ4n) is 4.28. The van der Waals surface area contributed by atoms with Crippen molar-refractivity contribution < 1.29 is 24.2 Å². The zero-order valence-corrected chi connectivity index (χ0v) is 22.6. The van der Waals surface area contributed by atoms with Crippen molar-refractivity contribution in [3.05, 3.63) is 95.1 Å².